The van der Waals surface area contributed by atoms with Crippen molar-refractivity contribution in [2.24, 2.45) is 0 Å². The smallest absolute Gasteiger partial charge is 0.197 e. The molecule has 0 aromatic heterocycles. The van der Waals surface area contributed by atoms with Gasteiger partial charge < -0.3 is 9.47 Å². The van der Waals surface area contributed by atoms with Gasteiger partial charge in [0.25, 0.3) is 0 Å². The second kappa shape index (κ2) is 2.91. The fourth-order valence-electron chi connectivity index (χ4n) is 1.27. The van der Waals surface area contributed by atoms with E-state index >= 15 is 0 Å². The van der Waals surface area contributed by atoms with Crippen molar-refractivity contribution >= 4 is 0 Å². The van der Waals surface area contributed by atoms with Gasteiger partial charge in [-0.15, -0.1) is 0 Å². The Kier molecular flexibility index (Phi) is 1.87. The van der Waals surface area contributed by atoms with Gasteiger partial charge in [0.1, 0.15) is 12.2 Å². The van der Waals surface area contributed by atoms with Crippen LogP contribution in [0.1, 0.15) is 13.8 Å². The molecule has 0 amide bonds. The van der Waals surface area contributed by atoms with Crippen LogP contribution in [0, 0.1) is 5.82 Å². The third-order valence-corrected chi connectivity index (χ3v) is 2.21. The molecule has 0 radical (unpaired) electrons. The van der Waals surface area contributed by atoms with Crippen molar-refractivity contribution in [2.75, 3.05) is 0 Å². The lowest BCUT2D eigenvalue weighted by Gasteiger charge is -2.29. The number of halogens is 1. The van der Waals surface area contributed by atoms with Crippen LogP contribution in [0.15, 0.2) is 18.2 Å². The molecule has 0 fully saturated rings. The van der Waals surface area contributed by atoms with Gasteiger partial charge in [-0.1, -0.05) is 6.07 Å². The molecular weight excluding hydrogens is 171 g/mol. The summed E-state index contributed by atoms with van der Waals surface area (Å²) in [6.07, 6.45) is -0.140. The molecule has 1 aromatic carbocycles. The summed E-state index contributed by atoms with van der Waals surface area (Å²) in [5.41, 5.74) is 0. The zero-order valence-corrected chi connectivity index (χ0v) is 7.58. The number of ether oxygens (including phenoxy) is 2. The molecule has 1 aromatic rings. The lowest BCUT2D eigenvalue weighted by molar-refractivity contribution is 0.0390. The Morgan fingerprint density at radius 1 is 1.15 bits per heavy atom. The maximum Gasteiger partial charge on any atom is 0.197 e. The largest absolute Gasteiger partial charge is 0.483 e. The highest BCUT2D eigenvalue weighted by molar-refractivity contribution is 5.42. The molecular formula is C10H11FO2. The molecule has 1 heterocycles. The molecule has 2 nitrogen and oxygen atoms in total. The molecule has 3 heteroatoms. The molecule has 13 heavy (non-hydrogen) atoms. The summed E-state index contributed by atoms with van der Waals surface area (Å²) in [5.74, 6) is 0.356. The van der Waals surface area contributed by atoms with Gasteiger partial charge in [-0.25, -0.2) is 4.39 Å². The maximum absolute atomic E-state index is 13.2. The number of fused-ring (bicyclic) bond motifs is 1. The Morgan fingerprint density at radius 3 is 2.62 bits per heavy atom. The number of hydrogen-bond acceptors (Lipinski definition) is 2. The van der Waals surface area contributed by atoms with Crippen molar-refractivity contribution in [3.05, 3.63) is 24.0 Å². The first-order valence-corrected chi connectivity index (χ1v) is 4.30. The van der Waals surface area contributed by atoms with Gasteiger partial charge in [0, 0.05) is 0 Å². The predicted molar refractivity (Wildman–Crippen MR) is 46.6 cm³/mol. The topological polar surface area (TPSA) is 18.5 Å². The van der Waals surface area contributed by atoms with E-state index in [1.165, 1.54) is 6.07 Å². The highest BCUT2D eigenvalue weighted by Crippen LogP contribution is 2.35. The maximum atomic E-state index is 13.2. The highest BCUT2D eigenvalue weighted by atomic mass is 19.1. The second-order valence-corrected chi connectivity index (χ2v) is 3.21. The normalized spacial score (nSPS) is 25.8. The number of rotatable bonds is 0. The molecule has 70 valence electrons. The van der Waals surface area contributed by atoms with Gasteiger partial charge in [0.2, 0.25) is 0 Å². The summed E-state index contributed by atoms with van der Waals surface area (Å²) in [5, 5.41) is 0. The monoisotopic (exact) mass is 182 g/mol. The van der Waals surface area contributed by atoms with Gasteiger partial charge in [0.15, 0.2) is 17.3 Å². The van der Waals surface area contributed by atoms with E-state index in [0.29, 0.717) is 5.75 Å². The molecule has 0 aliphatic carbocycles. The quantitative estimate of drug-likeness (QED) is 0.613. The standard InChI is InChI=1S/C10H11FO2/c1-6-7(2)13-10-8(11)4-3-5-9(10)12-6/h3-7H,1-2H3/t6?,7-/m1/s1. The van der Waals surface area contributed by atoms with E-state index in [0.717, 1.165) is 0 Å². The Hall–Kier alpha value is -1.25. The fourth-order valence-corrected chi connectivity index (χ4v) is 1.27. The van der Waals surface area contributed by atoms with E-state index in [-0.39, 0.29) is 23.8 Å². The van der Waals surface area contributed by atoms with E-state index in [9.17, 15) is 4.39 Å². The van der Waals surface area contributed by atoms with Crippen LogP contribution in [0.3, 0.4) is 0 Å². The number of para-hydroxylation sites is 1. The molecule has 2 rings (SSSR count). The summed E-state index contributed by atoms with van der Waals surface area (Å²) in [4.78, 5) is 0. The van der Waals surface area contributed by atoms with Gasteiger partial charge in [-0.05, 0) is 26.0 Å². The summed E-state index contributed by atoms with van der Waals surface area (Å²) < 4.78 is 24.0. The minimum absolute atomic E-state index is 0.0331. The first kappa shape index (κ1) is 8.35. The van der Waals surface area contributed by atoms with Crippen molar-refractivity contribution in [3.8, 4) is 11.5 Å². The number of hydrogen-bond donors (Lipinski definition) is 0. The van der Waals surface area contributed by atoms with Crippen LogP contribution < -0.4 is 9.47 Å². The molecule has 1 unspecified atom stereocenters. The van der Waals surface area contributed by atoms with Gasteiger partial charge in [-0.2, -0.15) is 0 Å². The Morgan fingerprint density at radius 2 is 1.85 bits per heavy atom. The summed E-state index contributed by atoms with van der Waals surface area (Å²) in [6.45, 7) is 3.76. The third kappa shape index (κ3) is 1.34. The zero-order valence-electron chi connectivity index (χ0n) is 7.58. The number of benzene rings is 1. The van der Waals surface area contributed by atoms with Crippen LogP contribution >= 0.6 is 0 Å². The Labute approximate surface area is 76.3 Å². The van der Waals surface area contributed by atoms with Crippen LogP contribution in [0.2, 0.25) is 0 Å². The minimum Gasteiger partial charge on any atom is -0.483 e. The second-order valence-electron chi connectivity index (χ2n) is 3.21. The van der Waals surface area contributed by atoms with Gasteiger partial charge in [-0.3, -0.25) is 0 Å². The van der Waals surface area contributed by atoms with Crippen molar-refractivity contribution in [1.29, 1.82) is 0 Å². The van der Waals surface area contributed by atoms with Crippen molar-refractivity contribution in [3.63, 3.8) is 0 Å². The average Bonchev–Trinajstić information content (AvgIpc) is 2.09. The van der Waals surface area contributed by atoms with Crippen molar-refractivity contribution < 1.29 is 13.9 Å². The van der Waals surface area contributed by atoms with Crippen LogP contribution in [-0.2, 0) is 0 Å². The van der Waals surface area contributed by atoms with E-state index < -0.39 is 0 Å². The summed E-state index contributed by atoms with van der Waals surface area (Å²) in [7, 11) is 0. The van der Waals surface area contributed by atoms with Crippen molar-refractivity contribution in [2.45, 2.75) is 26.1 Å². The Balaban J connectivity index is 2.42. The molecule has 1 aliphatic heterocycles. The predicted octanol–water partition coefficient (Wildman–Crippen LogP) is 2.37. The lowest BCUT2D eigenvalue weighted by atomic mass is 10.2. The minimum atomic E-state index is -0.365. The van der Waals surface area contributed by atoms with E-state index in [1.807, 2.05) is 13.8 Å². The molecule has 0 saturated heterocycles. The highest BCUT2D eigenvalue weighted by Gasteiger charge is 2.26. The molecule has 1 aliphatic rings. The van der Waals surface area contributed by atoms with E-state index in [2.05, 4.69) is 0 Å². The summed E-state index contributed by atoms with van der Waals surface area (Å²) >= 11 is 0. The SMILES string of the molecule is CC1Oc2cccc(F)c2O[C@@H]1C. The van der Waals surface area contributed by atoms with E-state index in [1.54, 1.807) is 12.1 Å². The fraction of sp³-hybridized carbons (Fsp3) is 0.400. The Bertz CT molecular complexity index is 325. The molecule has 0 N–H and O–H groups in total. The van der Waals surface area contributed by atoms with Crippen molar-refractivity contribution in [1.82, 2.24) is 0 Å². The molecule has 0 spiro atoms. The van der Waals surface area contributed by atoms with Crippen LogP contribution in [0.5, 0.6) is 11.5 Å². The summed E-state index contributed by atoms with van der Waals surface area (Å²) in [6, 6.07) is 4.69. The molecule has 0 bridgehead atoms. The zero-order chi connectivity index (χ0) is 9.42. The first-order chi connectivity index (χ1) is 6.18. The molecule has 2 atom stereocenters. The van der Waals surface area contributed by atoms with Crippen LogP contribution in [-0.4, -0.2) is 12.2 Å². The van der Waals surface area contributed by atoms with Gasteiger partial charge >= 0.3 is 0 Å². The third-order valence-electron chi connectivity index (χ3n) is 2.21. The first-order valence-electron chi connectivity index (χ1n) is 4.30. The lowest BCUT2D eigenvalue weighted by Crippen LogP contribution is -2.35. The van der Waals surface area contributed by atoms with Crippen LogP contribution in [0.25, 0.3) is 0 Å². The van der Waals surface area contributed by atoms with Gasteiger partial charge in [0.05, 0.1) is 0 Å². The van der Waals surface area contributed by atoms with Crippen LogP contribution in [0.4, 0.5) is 4.39 Å². The average molecular weight is 182 g/mol. The van der Waals surface area contributed by atoms with E-state index in [4.69, 9.17) is 9.47 Å². The molecule has 0 saturated carbocycles.